The molecule has 0 radical (unpaired) electrons. The topological polar surface area (TPSA) is 55.6 Å². The summed E-state index contributed by atoms with van der Waals surface area (Å²) in [6, 6.07) is 6.20. The molecule has 1 atom stereocenters. The number of carbonyl (C=O) groups is 1. The Morgan fingerprint density at radius 2 is 2.21 bits per heavy atom. The molecule has 0 saturated carbocycles. The minimum atomic E-state index is -0.640. The largest absolute Gasteiger partial charge is 0.370 e. The zero-order valence-electron chi connectivity index (χ0n) is 11.1. The Morgan fingerprint density at radius 1 is 1.53 bits per heavy atom. The minimum absolute atomic E-state index is 0. The van der Waals surface area contributed by atoms with Crippen molar-refractivity contribution in [1.82, 2.24) is 4.90 Å². The van der Waals surface area contributed by atoms with Crippen LogP contribution in [-0.2, 0) is 16.1 Å². The van der Waals surface area contributed by atoms with E-state index in [0.29, 0.717) is 13.1 Å². The number of methoxy groups -OCH3 is 1. The molecule has 0 aliphatic carbocycles. The summed E-state index contributed by atoms with van der Waals surface area (Å²) in [5, 5.41) is 0. The number of nitrogens with zero attached hydrogens (tertiary/aromatic N) is 1. The summed E-state index contributed by atoms with van der Waals surface area (Å²) in [7, 11) is 1.45. The van der Waals surface area contributed by atoms with Crippen molar-refractivity contribution >= 4 is 18.3 Å². The number of halogens is 2. The van der Waals surface area contributed by atoms with Crippen LogP contribution < -0.4 is 5.73 Å². The molecule has 1 amide bonds. The van der Waals surface area contributed by atoms with Gasteiger partial charge in [0.2, 0.25) is 0 Å². The van der Waals surface area contributed by atoms with Gasteiger partial charge in [0.1, 0.15) is 11.9 Å². The fourth-order valence-corrected chi connectivity index (χ4v) is 1.70. The van der Waals surface area contributed by atoms with Crippen LogP contribution in [0.3, 0.4) is 0 Å². The number of carbonyl (C=O) groups excluding carboxylic acids is 1. The van der Waals surface area contributed by atoms with Crippen LogP contribution >= 0.6 is 12.4 Å². The molecule has 0 saturated heterocycles. The number of hydrogen-bond acceptors (Lipinski definition) is 3. The zero-order chi connectivity index (χ0) is 13.5. The molecule has 2 N–H and O–H groups in total. The minimum Gasteiger partial charge on any atom is -0.370 e. The molecule has 108 valence electrons. The average molecular weight is 291 g/mol. The van der Waals surface area contributed by atoms with Crippen molar-refractivity contribution < 1.29 is 13.9 Å². The molecule has 0 spiro atoms. The van der Waals surface area contributed by atoms with E-state index < -0.39 is 6.10 Å². The summed E-state index contributed by atoms with van der Waals surface area (Å²) in [5.41, 5.74) is 6.21. The lowest BCUT2D eigenvalue weighted by Gasteiger charge is -2.25. The standard InChI is InChI=1S/C13H19FN2O2.ClH/c1-3-16(13(17)12(8-15)18-2)9-10-5-4-6-11(14)7-10;/h4-7,12H,3,8-9,15H2,1-2H3;1H. The Kier molecular flexibility index (Phi) is 8.30. The molecule has 6 heteroatoms. The first kappa shape index (κ1) is 17.8. The lowest BCUT2D eigenvalue weighted by molar-refractivity contribution is -0.141. The van der Waals surface area contributed by atoms with Gasteiger partial charge in [0.05, 0.1) is 0 Å². The third kappa shape index (κ3) is 5.14. The molecule has 0 bridgehead atoms. The SMILES string of the molecule is CCN(Cc1cccc(F)c1)C(=O)C(CN)OC.Cl. The number of nitrogens with two attached hydrogens (primary N) is 1. The van der Waals surface area contributed by atoms with E-state index in [1.807, 2.05) is 6.92 Å². The Morgan fingerprint density at radius 3 is 2.68 bits per heavy atom. The summed E-state index contributed by atoms with van der Waals surface area (Å²) in [4.78, 5) is 13.6. The highest BCUT2D eigenvalue weighted by molar-refractivity contribution is 5.85. The van der Waals surface area contributed by atoms with E-state index in [4.69, 9.17) is 10.5 Å². The predicted molar refractivity (Wildman–Crippen MR) is 74.6 cm³/mol. The summed E-state index contributed by atoms with van der Waals surface area (Å²) in [6.45, 7) is 2.87. The number of amides is 1. The number of rotatable bonds is 6. The number of likely N-dealkylation sites (N-methyl/N-ethyl adjacent to an activating group) is 1. The van der Waals surface area contributed by atoms with Crippen LogP contribution in [0.25, 0.3) is 0 Å². The highest BCUT2D eigenvalue weighted by atomic mass is 35.5. The second-order valence-corrected chi connectivity index (χ2v) is 3.94. The first-order valence-electron chi connectivity index (χ1n) is 5.88. The van der Waals surface area contributed by atoms with E-state index in [9.17, 15) is 9.18 Å². The molecule has 1 aromatic carbocycles. The number of benzene rings is 1. The van der Waals surface area contributed by atoms with Gasteiger partial charge in [-0.25, -0.2) is 4.39 Å². The first-order valence-corrected chi connectivity index (χ1v) is 5.88. The predicted octanol–water partition coefficient (Wildman–Crippen LogP) is 1.57. The molecular weight excluding hydrogens is 271 g/mol. The third-order valence-corrected chi connectivity index (χ3v) is 2.73. The summed E-state index contributed by atoms with van der Waals surface area (Å²) >= 11 is 0. The van der Waals surface area contributed by atoms with Gasteiger partial charge in [0.15, 0.2) is 0 Å². The molecule has 0 aliphatic rings. The van der Waals surface area contributed by atoms with Crippen molar-refractivity contribution in [3.8, 4) is 0 Å². The van der Waals surface area contributed by atoms with E-state index in [-0.39, 0.29) is 30.7 Å². The smallest absolute Gasteiger partial charge is 0.253 e. The van der Waals surface area contributed by atoms with Crippen molar-refractivity contribution in [1.29, 1.82) is 0 Å². The van der Waals surface area contributed by atoms with Gasteiger partial charge in [-0.3, -0.25) is 4.79 Å². The van der Waals surface area contributed by atoms with Crippen LogP contribution in [0.1, 0.15) is 12.5 Å². The maximum Gasteiger partial charge on any atom is 0.253 e. The Bertz CT molecular complexity index is 400. The van der Waals surface area contributed by atoms with Gasteiger partial charge in [-0.2, -0.15) is 0 Å². The van der Waals surface area contributed by atoms with Crippen LogP contribution in [-0.4, -0.2) is 37.1 Å². The molecular formula is C13H20ClFN2O2. The van der Waals surface area contributed by atoms with Gasteiger partial charge < -0.3 is 15.4 Å². The lowest BCUT2D eigenvalue weighted by Crippen LogP contribution is -2.43. The van der Waals surface area contributed by atoms with E-state index in [1.165, 1.54) is 19.2 Å². The Balaban J connectivity index is 0.00000324. The van der Waals surface area contributed by atoms with Crippen LogP contribution in [0.5, 0.6) is 0 Å². The van der Waals surface area contributed by atoms with E-state index >= 15 is 0 Å². The fourth-order valence-electron chi connectivity index (χ4n) is 1.70. The quantitative estimate of drug-likeness (QED) is 0.865. The van der Waals surface area contributed by atoms with Gasteiger partial charge >= 0.3 is 0 Å². The summed E-state index contributed by atoms with van der Waals surface area (Å²) < 4.78 is 18.1. The van der Waals surface area contributed by atoms with Gasteiger partial charge in [0, 0.05) is 26.7 Å². The number of ether oxygens (including phenoxy) is 1. The molecule has 0 heterocycles. The Labute approximate surface area is 119 Å². The molecule has 0 aliphatic heterocycles. The molecule has 19 heavy (non-hydrogen) atoms. The molecule has 4 nitrogen and oxygen atoms in total. The average Bonchev–Trinajstić information content (AvgIpc) is 2.37. The third-order valence-electron chi connectivity index (χ3n) is 2.73. The summed E-state index contributed by atoms with van der Waals surface area (Å²) in [6.07, 6.45) is -0.640. The molecule has 1 rings (SSSR count). The van der Waals surface area contributed by atoms with Crippen LogP contribution in [0, 0.1) is 5.82 Å². The van der Waals surface area contributed by atoms with E-state index in [0.717, 1.165) is 5.56 Å². The molecule has 1 aromatic rings. The maximum absolute atomic E-state index is 13.1. The lowest BCUT2D eigenvalue weighted by atomic mass is 10.2. The van der Waals surface area contributed by atoms with E-state index in [1.54, 1.807) is 17.0 Å². The van der Waals surface area contributed by atoms with Crippen molar-refractivity contribution in [2.75, 3.05) is 20.2 Å². The molecule has 0 fully saturated rings. The van der Waals surface area contributed by atoms with Crippen LogP contribution in [0.2, 0.25) is 0 Å². The number of hydrogen-bond donors (Lipinski definition) is 1. The van der Waals surface area contributed by atoms with Gasteiger partial charge in [-0.15, -0.1) is 12.4 Å². The zero-order valence-corrected chi connectivity index (χ0v) is 12.0. The molecule has 1 unspecified atom stereocenters. The maximum atomic E-state index is 13.1. The first-order chi connectivity index (χ1) is 8.62. The summed E-state index contributed by atoms with van der Waals surface area (Å²) in [5.74, 6) is -0.482. The normalized spacial score (nSPS) is 11.6. The van der Waals surface area contributed by atoms with Crippen LogP contribution in [0.15, 0.2) is 24.3 Å². The Hall–Kier alpha value is -1.17. The van der Waals surface area contributed by atoms with Crippen molar-refractivity contribution in [2.24, 2.45) is 5.73 Å². The monoisotopic (exact) mass is 290 g/mol. The van der Waals surface area contributed by atoms with Crippen LogP contribution in [0.4, 0.5) is 4.39 Å². The van der Waals surface area contributed by atoms with Crippen molar-refractivity contribution in [3.05, 3.63) is 35.6 Å². The van der Waals surface area contributed by atoms with Crippen molar-refractivity contribution in [3.63, 3.8) is 0 Å². The van der Waals surface area contributed by atoms with Gasteiger partial charge in [0.25, 0.3) is 5.91 Å². The highest BCUT2D eigenvalue weighted by Gasteiger charge is 2.21. The second kappa shape index (κ2) is 8.85. The highest BCUT2D eigenvalue weighted by Crippen LogP contribution is 2.09. The molecule has 0 aromatic heterocycles. The van der Waals surface area contributed by atoms with Crippen molar-refractivity contribution in [2.45, 2.75) is 19.6 Å². The van der Waals surface area contributed by atoms with Gasteiger partial charge in [-0.1, -0.05) is 12.1 Å². The second-order valence-electron chi connectivity index (χ2n) is 3.94. The van der Waals surface area contributed by atoms with Gasteiger partial charge in [-0.05, 0) is 24.6 Å². The van der Waals surface area contributed by atoms with E-state index in [2.05, 4.69) is 0 Å². The fraction of sp³-hybridized carbons (Fsp3) is 0.462.